The Morgan fingerprint density at radius 3 is 2.80 bits per heavy atom. The Morgan fingerprint density at radius 2 is 1.95 bits per heavy atom. The van der Waals surface area contributed by atoms with E-state index >= 15 is 0 Å². The second-order valence-corrected chi connectivity index (χ2v) is 4.91. The number of hydrogen-bond donors (Lipinski definition) is 0. The minimum atomic E-state index is 0.547. The molecule has 0 aliphatic rings. The zero-order valence-corrected chi connectivity index (χ0v) is 11.0. The number of para-hydroxylation sites is 1. The highest BCUT2D eigenvalue weighted by molar-refractivity contribution is 6.30. The highest BCUT2D eigenvalue weighted by atomic mass is 35.5. The van der Waals surface area contributed by atoms with Gasteiger partial charge >= 0.3 is 0 Å². The predicted octanol–water partition coefficient (Wildman–Crippen LogP) is 3.56. The van der Waals surface area contributed by atoms with Gasteiger partial charge in [-0.05, 0) is 18.2 Å². The van der Waals surface area contributed by atoms with Crippen molar-refractivity contribution in [3.63, 3.8) is 0 Å². The SMILES string of the molecule is N#Cc1c2ccccc2nc2c1nc1ccc(Cl)cn12. The lowest BCUT2D eigenvalue weighted by molar-refractivity contribution is 1.19. The summed E-state index contributed by atoms with van der Waals surface area (Å²) in [5.74, 6) is 0. The van der Waals surface area contributed by atoms with E-state index in [1.54, 1.807) is 12.3 Å². The number of pyridine rings is 2. The fourth-order valence-corrected chi connectivity index (χ4v) is 2.58. The number of aromatic nitrogens is 3. The van der Waals surface area contributed by atoms with Crippen molar-refractivity contribution in [3.05, 3.63) is 53.2 Å². The van der Waals surface area contributed by atoms with Gasteiger partial charge in [0.1, 0.15) is 17.2 Å². The summed E-state index contributed by atoms with van der Waals surface area (Å²) in [6.45, 7) is 0. The van der Waals surface area contributed by atoms with Crippen LogP contribution in [0.15, 0.2) is 42.6 Å². The number of rotatable bonds is 0. The first-order valence-corrected chi connectivity index (χ1v) is 6.42. The molecule has 0 radical (unpaired) electrons. The first-order valence-electron chi connectivity index (χ1n) is 6.04. The lowest BCUT2D eigenvalue weighted by Crippen LogP contribution is -1.90. The molecule has 4 rings (SSSR count). The summed E-state index contributed by atoms with van der Waals surface area (Å²) in [5.41, 5.74) is 3.30. The van der Waals surface area contributed by atoms with Gasteiger partial charge in [-0.15, -0.1) is 0 Å². The van der Waals surface area contributed by atoms with E-state index in [9.17, 15) is 5.26 Å². The molecule has 4 nitrogen and oxygen atoms in total. The van der Waals surface area contributed by atoms with Gasteiger partial charge in [0.05, 0.1) is 16.1 Å². The fourth-order valence-electron chi connectivity index (χ4n) is 2.42. The number of nitriles is 1. The summed E-state index contributed by atoms with van der Waals surface area (Å²) in [7, 11) is 0. The first kappa shape index (κ1) is 11.2. The standard InChI is InChI=1S/C15H7ClN4/c16-9-5-6-13-19-14-11(7-17)10-3-1-2-4-12(10)18-15(14)20(13)8-9/h1-6,8H. The topological polar surface area (TPSA) is 54.0 Å². The average molecular weight is 279 g/mol. The molecule has 0 unspecified atom stereocenters. The second kappa shape index (κ2) is 3.92. The van der Waals surface area contributed by atoms with Crippen LogP contribution < -0.4 is 0 Å². The molecular weight excluding hydrogens is 272 g/mol. The van der Waals surface area contributed by atoms with E-state index in [4.69, 9.17) is 11.6 Å². The van der Waals surface area contributed by atoms with Crippen LogP contribution in [0.25, 0.3) is 27.7 Å². The highest BCUT2D eigenvalue weighted by Gasteiger charge is 2.14. The van der Waals surface area contributed by atoms with Crippen LogP contribution in [0.5, 0.6) is 0 Å². The van der Waals surface area contributed by atoms with Crippen LogP contribution in [0.3, 0.4) is 0 Å². The van der Waals surface area contributed by atoms with Crippen LogP contribution in [0.2, 0.25) is 5.02 Å². The Bertz CT molecular complexity index is 1030. The van der Waals surface area contributed by atoms with Crippen LogP contribution in [-0.4, -0.2) is 14.4 Å². The third kappa shape index (κ3) is 1.41. The van der Waals surface area contributed by atoms with Crippen molar-refractivity contribution in [3.8, 4) is 6.07 Å². The molecule has 0 amide bonds. The minimum absolute atomic E-state index is 0.547. The molecule has 94 valence electrons. The van der Waals surface area contributed by atoms with Crippen LogP contribution in [0, 0.1) is 11.3 Å². The summed E-state index contributed by atoms with van der Waals surface area (Å²) in [6, 6.07) is 13.4. The van der Waals surface area contributed by atoms with Crippen molar-refractivity contribution in [1.82, 2.24) is 14.4 Å². The van der Waals surface area contributed by atoms with Gasteiger partial charge in [0.15, 0.2) is 5.65 Å². The highest BCUT2D eigenvalue weighted by Crippen LogP contribution is 2.26. The van der Waals surface area contributed by atoms with Crippen molar-refractivity contribution in [2.75, 3.05) is 0 Å². The second-order valence-electron chi connectivity index (χ2n) is 4.48. The quantitative estimate of drug-likeness (QED) is 0.494. The van der Waals surface area contributed by atoms with Gasteiger partial charge in [0.25, 0.3) is 0 Å². The summed E-state index contributed by atoms with van der Waals surface area (Å²) in [4.78, 5) is 9.10. The van der Waals surface area contributed by atoms with Crippen LogP contribution in [-0.2, 0) is 0 Å². The Morgan fingerprint density at radius 1 is 1.10 bits per heavy atom. The maximum atomic E-state index is 9.46. The summed E-state index contributed by atoms with van der Waals surface area (Å²) >= 11 is 6.03. The molecule has 0 saturated heterocycles. The molecule has 0 spiro atoms. The molecular formula is C15H7ClN4. The minimum Gasteiger partial charge on any atom is -0.283 e. The van der Waals surface area contributed by atoms with E-state index in [1.165, 1.54) is 0 Å². The Hall–Kier alpha value is -2.64. The van der Waals surface area contributed by atoms with E-state index in [-0.39, 0.29) is 0 Å². The summed E-state index contributed by atoms with van der Waals surface area (Å²) < 4.78 is 1.81. The average Bonchev–Trinajstić information content (AvgIpc) is 2.82. The summed E-state index contributed by atoms with van der Waals surface area (Å²) in [6.07, 6.45) is 1.76. The van der Waals surface area contributed by atoms with Gasteiger partial charge in [-0.2, -0.15) is 5.26 Å². The van der Waals surface area contributed by atoms with Crippen LogP contribution in [0.4, 0.5) is 0 Å². The van der Waals surface area contributed by atoms with Gasteiger partial charge in [-0.1, -0.05) is 29.8 Å². The smallest absolute Gasteiger partial charge is 0.166 e. The Balaban J connectivity index is 2.33. The molecule has 3 heterocycles. The number of nitrogens with zero attached hydrogens (tertiary/aromatic N) is 4. The van der Waals surface area contributed by atoms with Crippen LogP contribution in [0.1, 0.15) is 5.56 Å². The zero-order chi connectivity index (χ0) is 13.7. The van der Waals surface area contributed by atoms with Gasteiger partial charge in [-0.25, -0.2) is 9.97 Å². The maximum absolute atomic E-state index is 9.46. The zero-order valence-electron chi connectivity index (χ0n) is 10.2. The monoisotopic (exact) mass is 278 g/mol. The third-order valence-corrected chi connectivity index (χ3v) is 3.53. The molecule has 0 aliphatic heterocycles. The van der Waals surface area contributed by atoms with E-state index in [0.717, 1.165) is 16.6 Å². The normalized spacial score (nSPS) is 11.2. The van der Waals surface area contributed by atoms with Gasteiger partial charge in [0.2, 0.25) is 0 Å². The molecule has 20 heavy (non-hydrogen) atoms. The van der Waals surface area contributed by atoms with Crippen molar-refractivity contribution in [1.29, 1.82) is 5.26 Å². The molecule has 0 N–H and O–H groups in total. The van der Waals surface area contributed by atoms with Gasteiger partial charge < -0.3 is 0 Å². The number of halogens is 1. The van der Waals surface area contributed by atoms with Crippen molar-refractivity contribution >= 4 is 39.3 Å². The molecule has 0 saturated carbocycles. The number of hydrogen-bond acceptors (Lipinski definition) is 3. The predicted molar refractivity (Wildman–Crippen MR) is 77.7 cm³/mol. The van der Waals surface area contributed by atoms with E-state index in [0.29, 0.717) is 21.7 Å². The number of fused-ring (bicyclic) bond motifs is 4. The van der Waals surface area contributed by atoms with E-state index in [1.807, 2.05) is 34.7 Å². The third-order valence-electron chi connectivity index (χ3n) is 3.31. The Labute approximate surface area is 118 Å². The lowest BCUT2D eigenvalue weighted by atomic mass is 10.1. The molecule has 0 atom stereocenters. The van der Waals surface area contributed by atoms with Crippen molar-refractivity contribution in [2.24, 2.45) is 0 Å². The number of benzene rings is 1. The first-order chi connectivity index (χ1) is 9.78. The summed E-state index contributed by atoms with van der Waals surface area (Å²) in [5, 5.41) is 10.9. The van der Waals surface area contributed by atoms with Gasteiger partial charge in [0, 0.05) is 11.6 Å². The fraction of sp³-hybridized carbons (Fsp3) is 0. The number of imidazole rings is 1. The molecule has 5 heteroatoms. The van der Waals surface area contributed by atoms with Crippen LogP contribution >= 0.6 is 11.6 Å². The molecule has 3 aromatic heterocycles. The molecule has 0 bridgehead atoms. The molecule has 0 aliphatic carbocycles. The van der Waals surface area contributed by atoms with Crippen molar-refractivity contribution in [2.45, 2.75) is 0 Å². The van der Waals surface area contributed by atoms with Crippen molar-refractivity contribution < 1.29 is 0 Å². The molecule has 0 fully saturated rings. The molecule has 1 aromatic carbocycles. The lowest BCUT2D eigenvalue weighted by Gasteiger charge is -2.01. The maximum Gasteiger partial charge on any atom is 0.166 e. The van der Waals surface area contributed by atoms with E-state index in [2.05, 4.69) is 16.0 Å². The Kier molecular flexibility index (Phi) is 2.20. The van der Waals surface area contributed by atoms with Gasteiger partial charge in [-0.3, -0.25) is 4.40 Å². The molecule has 4 aromatic rings. The largest absolute Gasteiger partial charge is 0.283 e. The van der Waals surface area contributed by atoms with E-state index < -0.39 is 0 Å².